The van der Waals surface area contributed by atoms with Crippen LogP contribution in [-0.2, 0) is 18.6 Å². The zero-order valence-corrected chi connectivity index (χ0v) is 20.0. The van der Waals surface area contributed by atoms with E-state index in [1.54, 1.807) is 29.5 Å². The van der Waals surface area contributed by atoms with Gasteiger partial charge in [-0.3, -0.25) is 9.36 Å². The second kappa shape index (κ2) is 8.48. The van der Waals surface area contributed by atoms with Crippen molar-refractivity contribution >= 4 is 33.3 Å². The molecule has 0 saturated heterocycles. The molecule has 6 rings (SSSR count). The first-order valence-electron chi connectivity index (χ1n) is 11.0. The highest BCUT2D eigenvalue weighted by atomic mass is 32.2. The Balaban J connectivity index is 1.38. The molecule has 170 valence electrons. The topological polar surface area (TPSA) is 76.5 Å². The minimum absolute atomic E-state index is 0.0768. The molecule has 0 spiro atoms. The Morgan fingerprint density at radius 1 is 1.12 bits per heavy atom. The van der Waals surface area contributed by atoms with Gasteiger partial charge in [0.1, 0.15) is 16.5 Å². The quantitative estimate of drug-likeness (QED) is 0.332. The van der Waals surface area contributed by atoms with Gasteiger partial charge in [-0.05, 0) is 56.0 Å². The molecule has 1 N–H and O–H groups in total. The van der Waals surface area contributed by atoms with Crippen molar-refractivity contribution in [3.05, 3.63) is 86.5 Å². The lowest BCUT2D eigenvalue weighted by Crippen LogP contribution is -2.11. The van der Waals surface area contributed by atoms with Gasteiger partial charge >= 0.3 is 0 Å². The van der Waals surface area contributed by atoms with Crippen LogP contribution in [-0.4, -0.2) is 24.7 Å². The van der Waals surface area contributed by atoms with Crippen molar-refractivity contribution in [1.82, 2.24) is 24.7 Å². The van der Waals surface area contributed by atoms with E-state index in [9.17, 15) is 9.18 Å². The molecule has 0 unspecified atom stereocenters. The fraction of sp³-hybridized carbons (Fsp3) is 0.200. The lowest BCUT2D eigenvalue weighted by atomic mass is 10.2. The number of halogens is 1. The Morgan fingerprint density at radius 3 is 2.76 bits per heavy atom. The van der Waals surface area contributed by atoms with E-state index >= 15 is 0 Å². The van der Waals surface area contributed by atoms with Crippen LogP contribution in [0.3, 0.4) is 0 Å². The Labute approximate surface area is 202 Å². The number of hydrogen-bond donors (Lipinski definition) is 1. The molecular formula is C25H20FN5OS2. The molecule has 3 heterocycles. The second-order valence-electron chi connectivity index (χ2n) is 8.30. The van der Waals surface area contributed by atoms with E-state index in [-0.39, 0.29) is 11.4 Å². The fourth-order valence-corrected chi connectivity index (χ4v) is 6.46. The molecule has 0 aliphatic heterocycles. The minimum Gasteiger partial charge on any atom is -0.309 e. The monoisotopic (exact) mass is 489 g/mol. The van der Waals surface area contributed by atoms with Crippen molar-refractivity contribution in [3.63, 3.8) is 0 Å². The first-order valence-corrected chi connectivity index (χ1v) is 12.8. The minimum atomic E-state index is -0.359. The summed E-state index contributed by atoms with van der Waals surface area (Å²) in [5, 5.41) is 10.0. The van der Waals surface area contributed by atoms with Gasteiger partial charge in [0.05, 0.1) is 16.7 Å². The summed E-state index contributed by atoms with van der Waals surface area (Å²) in [5.41, 5.74) is 3.43. The maximum atomic E-state index is 14.6. The molecule has 0 atom stereocenters. The van der Waals surface area contributed by atoms with E-state index in [2.05, 4.69) is 15.2 Å². The number of thioether (sulfide) groups is 1. The number of aryl methyl sites for hydroxylation is 3. The Hall–Kier alpha value is -3.30. The van der Waals surface area contributed by atoms with Crippen LogP contribution in [0.1, 0.15) is 28.2 Å². The van der Waals surface area contributed by atoms with Crippen LogP contribution >= 0.6 is 23.1 Å². The van der Waals surface area contributed by atoms with Gasteiger partial charge in [0.2, 0.25) is 0 Å². The van der Waals surface area contributed by atoms with Crippen LogP contribution in [0.4, 0.5) is 4.39 Å². The molecule has 34 heavy (non-hydrogen) atoms. The summed E-state index contributed by atoms with van der Waals surface area (Å²) in [6.07, 6.45) is 3.08. The lowest BCUT2D eigenvalue weighted by molar-refractivity contribution is 0.629. The van der Waals surface area contributed by atoms with E-state index in [0.29, 0.717) is 28.1 Å². The average Bonchev–Trinajstić information content (AvgIpc) is 3.53. The maximum absolute atomic E-state index is 14.6. The molecule has 3 aromatic heterocycles. The number of nitrogens with one attached hydrogen (secondary N) is 1. The van der Waals surface area contributed by atoms with Gasteiger partial charge in [-0.2, -0.15) is 0 Å². The number of fused-ring (bicyclic) bond motifs is 3. The molecule has 1 aliphatic carbocycles. The molecule has 1 aliphatic rings. The zero-order valence-electron chi connectivity index (χ0n) is 18.3. The number of aromatic amines is 1. The molecule has 2 aromatic carbocycles. The summed E-state index contributed by atoms with van der Waals surface area (Å²) < 4.78 is 16.5. The van der Waals surface area contributed by atoms with Crippen LogP contribution in [0.25, 0.3) is 27.3 Å². The summed E-state index contributed by atoms with van der Waals surface area (Å²) in [5.74, 6) is 1.07. The number of rotatable bonds is 5. The molecule has 0 bridgehead atoms. The number of nitrogens with zero attached hydrogens (tertiary/aromatic N) is 4. The third-order valence-corrected chi connectivity index (χ3v) is 8.13. The first-order chi connectivity index (χ1) is 16.6. The van der Waals surface area contributed by atoms with Crippen LogP contribution < -0.4 is 5.56 Å². The highest BCUT2D eigenvalue weighted by molar-refractivity contribution is 7.98. The predicted octanol–water partition coefficient (Wildman–Crippen LogP) is 5.46. The molecule has 0 amide bonds. The molecule has 0 saturated carbocycles. The van der Waals surface area contributed by atoms with Crippen LogP contribution in [0, 0.1) is 12.7 Å². The van der Waals surface area contributed by atoms with E-state index in [0.717, 1.165) is 40.7 Å². The lowest BCUT2D eigenvalue weighted by Gasteiger charge is -2.11. The van der Waals surface area contributed by atoms with Gasteiger partial charge in [-0.1, -0.05) is 41.6 Å². The van der Waals surface area contributed by atoms with Crippen LogP contribution in [0.15, 0.2) is 58.5 Å². The molecule has 6 nitrogen and oxygen atoms in total. The van der Waals surface area contributed by atoms with E-state index in [1.807, 2.05) is 35.8 Å². The highest BCUT2D eigenvalue weighted by Crippen LogP contribution is 2.35. The Bertz CT molecular complexity index is 1590. The Morgan fingerprint density at radius 2 is 1.94 bits per heavy atom. The molecular weight excluding hydrogens is 469 g/mol. The molecule has 5 aromatic rings. The third kappa shape index (κ3) is 3.65. The van der Waals surface area contributed by atoms with Crippen molar-refractivity contribution in [2.24, 2.45) is 0 Å². The first kappa shape index (κ1) is 21.2. The van der Waals surface area contributed by atoms with E-state index in [4.69, 9.17) is 4.98 Å². The summed E-state index contributed by atoms with van der Waals surface area (Å²) >= 11 is 3.03. The predicted molar refractivity (Wildman–Crippen MR) is 133 cm³/mol. The number of thiophene rings is 1. The smallest absolute Gasteiger partial charge is 0.259 e. The van der Waals surface area contributed by atoms with Crippen molar-refractivity contribution in [3.8, 4) is 17.1 Å². The van der Waals surface area contributed by atoms with Crippen LogP contribution in [0.5, 0.6) is 0 Å². The largest absolute Gasteiger partial charge is 0.309 e. The third-order valence-electron chi connectivity index (χ3n) is 6.00. The summed E-state index contributed by atoms with van der Waals surface area (Å²) in [4.78, 5) is 22.6. The van der Waals surface area contributed by atoms with Crippen molar-refractivity contribution in [1.29, 1.82) is 0 Å². The van der Waals surface area contributed by atoms with Gasteiger partial charge in [-0.15, -0.1) is 21.5 Å². The number of aromatic nitrogens is 5. The zero-order chi connectivity index (χ0) is 23.2. The molecule has 9 heteroatoms. The average molecular weight is 490 g/mol. The maximum Gasteiger partial charge on any atom is 0.259 e. The van der Waals surface area contributed by atoms with Gasteiger partial charge in [0, 0.05) is 10.6 Å². The number of H-pyrrole nitrogens is 1. The van der Waals surface area contributed by atoms with Crippen molar-refractivity contribution < 1.29 is 4.39 Å². The molecule has 0 radical (unpaired) electrons. The molecule has 0 fully saturated rings. The number of benzene rings is 2. The van der Waals surface area contributed by atoms with Gasteiger partial charge in [0.25, 0.3) is 5.56 Å². The van der Waals surface area contributed by atoms with Gasteiger partial charge in [0.15, 0.2) is 11.0 Å². The SMILES string of the molecule is Cc1ccc(-n2c(SCc3nc4sc5c(c4c(=O)[nH]3)CCC5)nnc2-c2ccccc2F)cc1. The second-order valence-corrected chi connectivity index (χ2v) is 10.3. The summed E-state index contributed by atoms with van der Waals surface area (Å²) in [6, 6.07) is 14.5. The van der Waals surface area contributed by atoms with Gasteiger partial charge < -0.3 is 4.98 Å². The standard InChI is InChI=1S/C25H20FN5OS2/c1-14-9-11-15(12-10-14)31-22(16-5-2-3-7-18(16)26)29-30-25(31)33-13-20-27-23(32)21-17-6-4-8-19(17)34-24(21)28-20/h2-3,5,7,9-12H,4,6,8,13H2,1H3,(H,27,28,32). The fourth-order valence-electron chi connectivity index (χ4n) is 4.36. The number of hydrogen-bond acceptors (Lipinski definition) is 6. The van der Waals surface area contributed by atoms with Crippen molar-refractivity contribution in [2.45, 2.75) is 37.1 Å². The summed E-state index contributed by atoms with van der Waals surface area (Å²) in [7, 11) is 0. The van der Waals surface area contributed by atoms with E-state index < -0.39 is 0 Å². The van der Waals surface area contributed by atoms with Crippen LogP contribution in [0.2, 0.25) is 0 Å². The highest BCUT2D eigenvalue weighted by Gasteiger charge is 2.22. The normalized spacial score (nSPS) is 13.0. The van der Waals surface area contributed by atoms with Gasteiger partial charge in [-0.25, -0.2) is 9.37 Å². The summed E-state index contributed by atoms with van der Waals surface area (Å²) in [6.45, 7) is 2.02. The Kier molecular flexibility index (Phi) is 5.30. The van der Waals surface area contributed by atoms with E-state index in [1.165, 1.54) is 28.3 Å². The van der Waals surface area contributed by atoms with Crippen molar-refractivity contribution in [2.75, 3.05) is 0 Å².